The molecule has 0 saturated heterocycles. The smallest absolute Gasteiger partial charge is 0.263 e. The summed E-state index contributed by atoms with van der Waals surface area (Å²) in [6.07, 6.45) is 2.33. The summed E-state index contributed by atoms with van der Waals surface area (Å²) in [5.74, 6) is 0.628. The van der Waals surface area contributed by atoms with Crippen molar-refractivity contribution in [2.75, 3.05) is 0 Å². The van der Waals surface area contributed by atoms with Crippen LogP contribution in [0.15, 0.2) is 58.3 Å². The highest BCUT2D eigenvalue weighted by atomic mass is 32.1. The molecule has 0 radical (unpaired) electrons. The lowest BCUT2D eigenvalue weighted by Crippen LogP contribution is -2.37. The predicted octanol–water partition coefficient (Wildman–Crippen LogP) is 4.97. The number of thiophene rings is 2. The van der Waals surface area contributed by atoms with E-state index in [2.05, 4.69) is 34.1 Å². The summed E-state index contributed by atoms with van der Waals surface area (Å²) >= 11 is 3.02. The van der Waals surface area contributed by atoms with Crippen LogP contribution in [0.25, 0.3) is 31.7 Å². The summed E-state index contributed by atoms with van der Waals surface area (Å²) in [5.41, 5.74) is 2.46. The molecule has 33 heavy (non-hydrogen) atoms. The van der Waals surface area contributed by atoms with Crippen LogP contribution in [0.3, 0.4) is 0 Å². The second-order valence-electron chi connectivity index (χ2n) is 8.05. The Morgan fingerprint density at radius 3 is 2.82 bits per heavy atom. The van der Waals surface area contributed by atoms with Crippen LogP contribution in [0.1, 0.15) is 32.1 Å². The first-order valence-corrected chi connectivity index (χ1v) is 12.6. The zero-order valence-corrected chi connectivity index (χ0v) is 19.9. The van der Waals surface area contributed by atoms with Gasteiger partial charge in [-0.2, -0.15) is 0 Å². The zero-order valence-electron chi connectivity index (χ0n) is 18.2. The summed E-state index contributed by atoms with van der Waals surface area (Å²) in [7, 11) is 0. The number of nitrogens with one attached hydrogen (secondary N) is 2. The van der Waals surface area contributed by atoms with E-state index in [-0.39, 0.29) is 30.0 Å². The Morgan fingerprint density at radius 1 is 1.21 bits per heavy atom. The molecule has 0 fully saturated rings. The van der Waals surface area contributed by atoms with Gasteiger partial charge in [0.1, 0.15) is 17.2 Å². The minimum absolute atomic E-state index is 0.103. The average Bonchev–Trinajstić information content (AvgIpc) is 3.57. The Kier molecular flexibility index (Phi) is 5.82. The van der Waals surface area contributed by atoms with E-state index in [4.69, 9.17) is 0 Å². The molecule has 1 aromatic carbocycles. The zero-order chi connectivity index (χ0) is 22.9. The Bertz CT molecular complexity index is 1450. The maximum absolute atomic E-state index is 13.2. The van der Waals surface area contributed by atoms with Crippen LogP contribution < -0.4 is 10.9 Å². The average molecular weight is 478 g/mol. The van der Waals surface area contributed by atoms with E-state index in [1.54, 1.807) is 11.3 Å². The van der Waals surface area contributed by atoms with Gasteiger partial charge in [-0.15, -0.1) is 22.7 Å². The molecule has 2 N–H and O–H groups in total. The fourth-order valence-electron chi connectivity index (χ4n) is 3.90. The van der Waals surface area contributed by atoms with Gasteiger partial charge in [0.15, 0.2) is 0 Å². The van der Waals surface area contributed by atoms with Crippen molar-refractivity contribution in [3.63, 3.8) is 0 Å². The number of fused-ring (bicyclic) bond motifs is 2. The number of imidazole rings is 1. The molecule has 2 unspecified atom stereocenters. The lowest BCUT2D eigenvalue weighted by atomic mass is 9.98. The predicted molar refractivity (Wildman–Crippen MR) is 134 cm³/mol. The van der Waals surface area contributed by atoms with Gasteiger partial charge in [-0.05, 0) is 29.5 Å². The van der Waals surface area contributed by atoms with Crippen LogP contribution in [0.5, 0.6) is 0 Å². The molecule has 0 aliphatic heterocycles. The summed E-state index contributed by atoms with van der Waals surface area (Å²) in [5, 5.41) is 7.59. The topological polar surface area (TPSA) is 92.7 Å². The molecule has 7 nitrogen and oxygen atoms in total. The minimum atomic E-state index is -0.287. The van der Waals surface area contributed by atoms with Gasteiger partial charge in [0.05, 0.1) is 28.8 Å². The van der Waals surface area contributed by atoms with Crippen LogP contribution in [0, 0.1) is 5.92 Å². The number of H-pyrrole nitrogens is 1. The van der Waals surface area contributed by atoms with Crippen LogP contribution in [0.2, 0.25) is 0 Å². The lowest BCUT2D eigenvalue weighted by Gasteiger charge is -2.22. The number of carbonyl (C=O) groups is 1. The second-order valence-corrected chi connectivity index (χ2v) is 9.86. The van der Waals surface area contributed by atoms with Crippen molar-refractivity contribution in [1.82, 2.24) is 24.8 Å². The molecular formula is C24H23N5O2S2. The van der Waals surface area contributed by atoms with Crippen LogP contribution in [-0.2, 0) is 11.3 Å². The summed E-state index contributed by atoms with van der Waals surface area (Å²) in [6, 6.07) is 11.5. The van der Waals surface area contributed by atoms with E-state index in [1.807, 2.05) is 47.2 Å². The Morgan fingerprint density at radius 2 is 2.06 bits per heavy atom. The van der Waals surface area contributed by atoms with Crippen LogP contribution >= 0.6 is 22.7 Å². The van der Waals surface area contributed by atoms with E-state index in [0.717, 1.165) is 33.7 Å². The molecule has 0 bridgehead atoms. The van der Waals surface area contributed by atoms with Gasteiger partial charge in [0.25, 0.3) is 5.56 Å². The number of nitrogens with zero attached hydrogens (tertiary/aromatic N) is 3. The van der Waals surface area contributed by atoms with E-state index in [0.29, 0.717) is 10.2 Å². The van der Waals surface area contributed by atoms with Crippen molar-refractivity contribution in [3.8, 4) is 10.4 Å². The van der Waals surface area contributed by atoms with Gasteiger partial charge in [-0.25, -0.2) is 9.97 Å². The fraction of sp³-hybridized carbons (Fsp3) is 0.250. The van der Waals surface area contributed by atoms with Gasteiger partial charge in [-0.1, -0.05) is 38.5 Å². The number of carbonyl (C=O) groups excluding carboxylic acids is 1. The molecule has 0 saturated carbocycles. The largest absolute Gasteiger partial charge is 0.344 e. The lowest BCUT2D eigenvalue weighted by molar-refractivity contribution is -0.122. The van der Waals surface area contributed by atoms with Crippen molar-refractivity contribution >= 4 is 49.8 Å². The molecule has 4 aromatic heterocycles. The third-order valence-electron chi connectivity index (χ3n) is 5.89. The number of aromatic nitrogens is 4. The molecule has 1 amide bonds. The molecule has 9 heteroatoms. The molecule has 0 aliphatic carbocycles. The molecule has 0 spiro atoms. The monoisotopic (exact) mass is 477 g/mol. The van der Waals surface area contributed by atoms with Crippen molar-refractivity contribution in [3.05, 3.63) is 69.7 Å². The van der Waals surface area contributed by atoms with Crippen LogP contribution in [-0.4, -0.2) is 25.4 Å². The molecule has 5 rings (SSSR count). The standard InChI is InChI=1S/C24H23N5O2S2/c1-3-14(2)21(22-26-16-7-4-5-8-17(16)27-22)28-19(30)11-29-13-25-23-20(24(29)31)15(12-33-23)18-9-6-10-32-18/h4-10,12-14,21H,3,11H2,1-2H3,(H,26,27)(H,28,30). The van der Waals surface area contributed by atoms with Gasteiger partial charge >= 0.3 is 0 Å². The maximum atomic E-state index is 13.2. The third kappa shape index (κ3) is 4.09. The highest BCUT2D eigenvalue weighted by Gasteiger charge is 2.24. The summed E-state index contributed by atoms with van der Waals surface area (Å²) < 4.78 is 1.38. The van der Waals surface area contributed by atoms with Crippen LogP contribution in [0.4, 0.5) is 0 Å². The molecule has 4 heterocycles. The molecule has 2 atom stereocenters. The number of hydrogen-bond acceptors (Lipinski definition) is 6. The highest BCUT2D eigenvalue weighted by molar-refractivity contribution is 7.18. The van der Waals surface area contributed by atoms with E-state index >= 15 is 0 Å². The molecular weight excluding hydrogens is 454 g/mol. The number of rotatable bonds is 7. The van der Waals surface area contributed by atoms with Crippen molar-refractivity contribution in [2.24, 2.45) is 5.92 Å². The summed E-state index contributed by atoms with van der Waals surface area (Å²) in [6.45, 7) is 4.06. The van der Waals surface area contributed by atoms with Gasteiger partial charge in [0, 0.05) is 15.8 Å². The van der Waals surface area contributed by atoms with Crippen molar-refractivity contribution in [1.29, 1.82) is 0 Å². The normalized spacial score (nSPS) is 13.4. The Labute approximate surface area is 198 Å². The molecule has 0 aliphatic rings. The van der Waals surface area contributed by atoms with Gasteiger partial charge in [0.2, 0.25) is 5.91 Å². The van der Waals surface area contributed by atoms with Crippen molar-refractivity contribution < 1.29 is 4.79 Å². The van der Waals surface area contributed by atoms with E-state index in [9.17, 15) is 9.59 Å². The van der Waals surface area contributed by atoms with Crippen molar-refractivity contribution in [2.45, 2.75) is 32.9 Å². The highest BCUT2D eigenvalue weighted by Crippen LogP contribution is 2.33. The van der Waals surface area contributed by atoms with Gasteiger partial charge in [-0.3, -0.25) is 14.2 Å². The van der Waals surface area contributed by atoms with E-state index in [1.165, 1.54) is 22.2 Å². The summed E-state index contributed by atoms with van der Waals surface area (Å²) in [4.78, 5) is 40.4. The molecule has 168 valence electrons. The molecule has 5 aromatic rings. The Hall–Kier alpha value is -3.30. The minimum Gasteiger partial charge on any atom is -0.344 e. The SMILES string of the molecule is CCC(C)C(NC(=O)Cn1cnc2scc(-c3cccs3)c2c1=O)c1nc2ccccc2[nH]1. The number of hydrogen-bond donors (Lipinski definition) is 2. The number of benzene rings is 1. The third-order valence-corrected chi connectivity index (χ3v) is 7.68. The first-order chi connectivity index (χ1) is 16.0. The fourth-order valence-corrected chi connectivity index (χ4v) is 5.62. The quantitative estimate of drug-likeness (QED) is 0.346. The first kappa shape index (κ1) is 21.5. The second kappa shape index (κ2) is 8.92. The number of aromatic amines is 1. The first-order valence-electron chi connectivity index (χ1n) is 10.8. The van der Waals surface area contributed by atoms with E-state index < -0.39 is 0 Å². The number of para-hydroxylation sites is 2. The Balaban J connectivity index is 1.43. The number of amides is 1. The maximum Gasteiger partial charge on any atom is 0.263 e. The van der Waals surface area contributed by atoms with Gasteiger partial charge < -0.3 is 10.3 Å².